The molecule has 1 atom stereocenters. The summed E-state index contributed by atoms with van der Waals surface area (Å²) < 4.78 is 0. The Kier molecular flexibility index (Phi) is 3.39. The Labute approximate surface area is 110 Å². The van der Waals surface area contributed by atoms with Crippen LogP contribution < -0.4 is 10.2 Å². The lowest BCUT2D eigenvalue weighted by atomic mass is 10.1. The van der Waals surface area contributed by atoms with Gasteiger partial charge in [0, 0.05) is 24.8 Å². The van der Waals surface area contributed by atoms with Gasteiger partial charge in [-0.3, -0.25) is 14.9 Å². The second-order valence-corrected chi connectivity index (χ2v) is 4.62. The number of nitrogens with zero attached hydrogens (tertiary/aromatic N) is 2. The number of fused-ring (bicyclic) bond motifs is 1. The van der Waals surface area contributed by atoms with Gasteiger partial charge in [0.05, 0.1) is 18.0 Å². The Balaban J connectivity index is 2.50. The lowest BCUT2D eigenvalue weighted by Gasteiger charge is -2.25. The number of nitro groups is 1. The summed E-state index contributed by atoms with van der Waals surface area (Å²) in [5, 5.41) is 22.9. The van der Waals surface area contributed by atoms with Crippen LogP contribution in [0.4, 0.5) is 17.1 Å². The van der Waals surface area contributed by atoms with E-state index in [4.69, 9.17) is 5.11 Å². The zero-order valence-electron chi connectivity index (χ0n) is 10.7. The number of anilines is 2. The molecule has 0 bridgehead atoms. The summed E-state index contributed by atoms with van der Waals surface area (Å²) in [6.45, 7) is 1.65. The van der Waals surface area contributed by atoms with Crippen molar-refractivity contribution in [2.45, 2.75) is 19.4 Å². The molecule has 2 rings (SSSR count). The van der Waals surface area contributed by atoms with Crippen molar-refractivity contribution >= 4 is 23.0 Å². The summed E-state index contributed by atoms with van der Waals surface area (Å²) in [5.74, 6) is -0.167. The van der Waals surface area contributed by atoms with Crippen molar-refractivity contribution in [1.29, 1.82) is 0 Å². The number of carbonyl (C=O) groups excluding carboxylic acids is 1. The lowest BCUT2D eigenvalue weighted by molar-refractivity contribution is -0.384. The average Bonchev–Trinajstić information content (AvgIpc) is 2.74. The Hall–Kier alpha value is -2.15. The number of rotatable bonds is 4. The highest BCUT2D eigenvalue weighted by atomic mass is 16.6. The van der Waals surface area contributed by atoms with Gasteiger partial charge in [0.1, 0.15) is 5.69 Å². The predicted octanol–water partition coefficient (Wildman–Crippen LogP) is 0.906. The van der Waals surface area contributed by atoms with Gasteiger partial charge in [-0.2, -0.15) is 0 Å². The standard InChI is InChI=1S/C12H15N3O4/c1-7(6-16)14(2)10-5-9-8(4-12(17)13-9)3-11(10)15(18)19/h3,5,7,16H,4,6H2,1-2H3,(H,13,17). The van der Waals surface area contributed by atoms with Crippen LogP contribution in [0.2, 0.25) is 0 Å². The van der Waals surface area contributed by atoms with E-state index in [1.165, 1.54) is 6.07 Å². The van der Waals surface area contributed by atoms with Crippen LogP contribution in [-0.4, -0.2) is 35.6 Å². The number of hydrogen-bond acceptors (Lipinski definition) is 5. The third-order valence-corrected chi connectivity index (χ3v) is 3.33. The van der Waals surface area contributed by atoms with Crippen molar-refractivity contribution in [3.8, 4) is 0 Å². The van der Waals surface area contributed by atoms with E-state index in [1.54, 1.807) is 24.9 Å². The molecule has 7 nitrogen and oxygen atoms in total. The highest BCUT2D eigenvalue weighted by Gasteiger charge is 2.27. The average molecular weight is 265 g/mol. The summed E-state index contributed by atoms with van der Waals surface area (Å²) in [6, 6.07) is 2.75. The van der Waals surface area contributed by atoms with Gasteiger partial charge in [0.25, 0.3) is 5.69 Å². The highest BCUT2D eigenvalue weighted by molar-refractivity contribution is 6.00. The predicted molar refractivity (Wildman–Crippen MR) is 70.4 cm³/mol. The fourth-order valence-corrected chi connectivity index (χ4v) is 2.04. The van der Waals surface area contributed by atoms with Crippen molar-refractivity contribution in [1.82, 2.24) is 0 Å². The van der Waals surface area contributed by atoms with Crippen LogP contribution in [0.15, 0.2) is 12.1 Å². The molecule has 1 unspecified atom stereocenters. The highest BCUT2D eigenvalue weighted by Crippen LogP contribution is 2.36. The van der Waals surface area contributed by atoms with Crippen LogP contribution in [0.5, 0.6) is 0 Å². The Bertz CT molecular complexity index is 544. The van der Waals surface area contributed by atoms with Crippen molar-refractivity contribution in [3.05, 3.63) is 27.8 Å². The molecular weight excluding hydrogens is 250 g/mol. The second kappa shape index (κ2) is 4.85. The molecule has 102 valence electrons. The Morgan fingerprint density at radius 3 is 2.84 bits per heavy atom. The molecule has 19 heavy (non-hydrogen) atoms. The summed E-state index contributed by atoms with van der Waals surface area (Å²) in [6.07, 6.45) is 0.162. The molecule has 1 aromatic carbocycles. The Morgan fingerprint density at radius 2 is 2.26 bits per heavy atom. The number of nitrogens with one attached hydrogen (secondary N) is 1. The Morgan fingerprint density at radius 1 is 1.58 bits per heavy atom. The molecule has 0 fully saturated rings. The molecule has 1 heterocycles. The minimum Gasteiger partial charge on any atom is -0.394 e. The number of hydrogen-bond donors (Lipinski definition) is 2. The molecule has 0 spiro atoms. The molecule has 1 aliphatic heterocycles. The maximum Gasteiger partial charge on any atom is 0.292 e. The zero-order chi connectivity index (χ0) is 14.2. The SMILES string of the molecule is CC(CO)N(C)c1cc2c(cc1[N+](=O)[O-])CC(=O)N2. The molecule has 1 amide bonds. The molecule has 0 saturated carbocycles. The van der Waals surface area contributed by atoms with Gasteiger partial charge in [-0.1, -0.05) is 0 Å². The maximum absolute atomic E-state index is 11.3. The normalized spacial score (nSPS) is 14.8. The molecule has 0 aromatic heterocycles. The van der Waals surface area contributed by atoms with Crippen LogP contribution in [0.3, 0.4) is 0 Å². The van der Waals surface area contributed by atoms with Crippen LogP contribution in [0.25, 0.3) is 0 Å². The van der Waals surface area contributed by atoms with E-state index < -0.39 is 4.92 Å². The third kappa shape index (κ3) is 2.37. The van der Waals surface area contributed by atoms with Gasteiger partial charge in [-0.25, -0.2) is 0 Å². The molecule has 1 aliphatic rings. The van der Waals surface area contributed by atoms with E-state index in [9.17, 15) is 14.9 Å². The number of amides is 1. The first kappa shape index (κ1) is 13.3. The molecule has 0 radical (unpaired) electrons. The smallest absolute Gasteiger partial charge is 0.292 e. The molecule has 0 saturated heterocycles. The fourth-order valence-electron chi connectivity index (χ4n) is 2.04. The van der Waals surface area contributed by atoms with Gasteiger partial charge < -0.3 is 15.3 Å². The van der Waals surface area contributed by atoms with E-state index in [0.29, 0.717) is 16.9 Å². The first-order valence-corrected chi connectivity index (χ1v) is 5.89. The quantitative estimate of drug-likeness (QED) is 0.623. The zero-order valence-corrected chi connectivity index (χ0v) is 10.7. The van der Waals surface area contributed by atoms with E-state index in [1.807, 2.05) is 0 Å². The fraction of sp³-hybridized carbons (Fsp3) is 0.417. The summed E-state index contributed by atoms with van der Waals surface area (Å²) in [5.41, 5.74) is 1.55. The summed E-state index contributed by atoms with van der Waals surface area (Å²) in [7, 11) is 1.67. The molecule has 1 aromatic rings. The van der Waals surface area contributed by atoms with Gasteiger partial charge in [-0.15, -0.1) is 0 Å². The number of nitro benzene ring substituents is 1. The van der Waals surface area contributed by atoms with E-state index >= 15 is 0 Å². The number of carbonyl (C=O) groups is 1. The van der Waals surface area contributed by atoms with E-state index in [0.717, 1.165) is 0 Å². The van der Waals surface area contributed by atoms with Crippen LogP contribution in [-0.2, 0) is 11.2 Å². The molecular formula is C12H15N3O4. The topological polar surface area (TPSA) is 95.7 Å². The van der Waals surface area contributed by atoms with Gasteiger partial charge >= 0.3 is 0 Å². The largest absolute Gasteiger partial charge is 0.394 e. The van der Waals surface area contributed by atoms with Crippen LogP contribution >= 0.6 is 0 Å². The lowest BCUT2D eigenvalue weighted by Crippen LogP contribution is -2.32. The minimum absolute atomic E-state index is 0.0574. The third-order valence-electron chi connectivity index (χ3n) is 3.33. The molecule has 0 aliphatic carbocycles. The number of likely N-dealkylation sites (N-methyl/N-ethyl adjacent to an activating group) is 1. The number of aliphatic hydroxyl groups excluding tert-OH is 1. The van der Waals surface area contributed by atoms with Crippen molar-refractivity contribution < 1.29 is 14.8 Å². The van der Waals surface area contributed by atoms with E-state index in [-0.39, 0.29) is 30.7 Å². The summed E-state index contributed by atoms with van der Waals surface area (Å²) in [4.78, 5) is 23.6. The first-order chi connectivity index (χ1) is 8.93. The van der Waals surface area contributed by atoms with Gasteiger partial charge in [0.15, 0.2) is 0 Å². The van der Waals surface area contributed by atoms with Crippen molar-refractivity contribution in [2.75, 3.05) is 23.9 Å². The monoisotopic (exact) mass is 265 g/mol. The minimum atomic E-state index is -0.473. The van der Waals surface area contributed by atoms with Crippen LogP contribution in [0, 0.1) is 10.1 Å². The van der Waals surface area contributed by atoms with Crippen molar-refractivity contribution in [2.24, 2.45) is 0 Å². The number of aliphatic hydroxyl groups is 1. The first-order valence-electron chi connectivity index (χ1n) is 5.89. The second-order valence-electron chi connectivity index (χ2n) is 4.62. The molecule has 2 N–H and O–H groups in total. The van der Waals surface area contributed by atoms with Gasteiger partial charge in [0.2, 0.25) is 5.91 Å². The maximum atomic E-state index is 11.3. The van der Waals surface area contributed by atoms with E-state index in [2.05, 4.69) is 5.32 Å². The van der Waals surface area contributed by atoms with Crippen molar-refractivity contribution in [3.63, 3.8) is 0 Å². The summed E-state index contributed by atoms with van der Waals surface area (Å²) >= 11 is 0. The van der Waals surface area contributed by atoms with Crippen LogP contribution in [0.1, 0.15) is 12.5 Å². The molecule has 7 heteroatoms. The number of benzene rings is 1. The van der Waals surface area contributed by atoms with Gasteiger partial charge in [-0.05, 0) is 18.6 Å².